The molecule has 5 heteroatoms. The Morgan fingerprint density at radius 3 is 2.71 bits per heavy atom. The van der Waals surface area contributed by atoms with Crippen LogP contribution in [0.4, 0.5) is 0 Å². The smallest absolute Gasteiger partial charge is 0.191 e. The molecule has 5 nitrogen and oxygen atoms in total. The van der Waals surface area contributed by atoms with E-state index in [0.717, 1.165) is 42.2 Å². The van der Waals surface area contributed by atoms with Crippen LogP contribution in [0.3, 0.4) is 0 Å². The van der Waals surface area contributed by atoms with Gasteiger partial charge in [0.25, 0.3) is 0 Å². The maximum Gasteiger partial charge on any atom is 0.191 e. The van der Waals surface area contributed by atoms with Crippen LogP contribution in [-0.2, 0) is 17.9 Å². The molecule has 3 atom stereocenters. The van der Waals surface area contributed by atoms with Gasteiger partial charge in [0.1, 0.15) is 12.4 Å². The summed E-state index contributed by atoms with van der Waals surface area (Å²) in [6, 6.07) is 18.8. The minimum atomic E-state index is 0.337. The van der Waals surface area contributed by atoms with Crippen molar-refractivity contribution in [3.8, 4) is 5.75 Å². The first-order valence-corrected chi connectivity index (χ1v) is 10.3. The van der Waals surface area contributed by atoms with Crippen molar-refractivity contribution in [2.75, 3.05) is 6.54 Å². The van der Waals surface area contributed by atoms with Gasteiger partial charge in [-0.25, -0.2) is 4.99 Å². The number of aliphatic imine (C=N–C) groups is 1. The molecule has 2 aliphatic rings. The van der Waals surface area contributed by atoms with Gasteiger partial charge in [0.15, 0.2) is 5.96 Å². The first kappa shape index (κ1) is 18.8. The number of hydrogen-bond donors (Lipinski definition) is 2. The largest absolute Gasteiger partial charge is 0.489 e. The summed E-state index contributed by atoms with van der Waals surface area (Å²) in [6.45, 7) is 4.11. The molecule has 3 unspecified atom stereocenters. The zero-order valence-corrected chi connectivity index (χ0v) is 16.4. The second-order valence-electron chi connectivity index (χ2n) is 7.48. The van der Waals surface area contributed by atoms with Crippen LogP contribution >= 0.6 is 0 Å². The molecule has 2 aromatic carbocycles. The number of nitrogens with one attached hydrogen (secondary N) is 2. The summed E-state index contributed by atoms with van der Waals surface area (Å²) in [5, 5.41) is 6.92. The predicted molar refractivity (Wildman–Crippen MR) is 111 cm³/mol. The van der Waals surface area contributed by atoms with Gasteiger partial charge in [-0.15, -0.1) is 0 Å². The van der Waals surface area contributed by atoms with Crippen LogP contribution in [0.2, 0.25) is 0 Å². The third-order valence-corrected chi connectivity index (χ3v) is 5.34. The van der Waals surface area contributed by atoms with Gasteiger partial charge in [0.2, 0.25) is 0 Å². The highest BCUT2D eigenvalue weighted by molar-refractivity contribution is 5.80. The Morgan fingerprint density at radius 1 is 1.11 bits per heavy atom. The van der Waals surface area contributed by atoms with Crippen molar-refractivity contribution >= 4 is 5.96 Å². The van der Waals surface area contributed by atoms with Crippen LogP contribution in [0.25, 0.3) is 0 Å². The first-order valence-electron chi connectivity index (χ1n) is 10.3. The van der Waals surface area contributed by atoms with Crippen molar-refractivity contribution in [1.82, 2.24) is 10.6 Å². The van der Waals surface area contributed by atoms with Crippen molar-refractivity contribution in [1.29, 1.82) is 0 Å². The molecule has 0 aliphatic carbocycles. The molecular weight excluding hydrogens is 350 g/mol. The van der Waals surface area contributed by atoms with Gasteiger partial charge >= 0.3 is 0 Å². The van der Waals surface area contributed by atoms with Crippen molar-refractivity contribution < 1.29 is 9.47 Å². The Labute approximate surface area is 167 Å². The Hall–Kier alpha value is -2.53. The molecule has 28 heavy (non-hydrogen) atoms. The van der Waals surface area contributed by atoms with Crippen molar-refractivity contribution in [2.45, 2.75) is 57.6 Å². The molecule has 2 bridgehead atoms. The Morgan fingerprint density at radius 2 is 1.96 bits per heavy atom. The van der Waals surface area contributed by atoms with Crippen LogP contribution in [0.1, 0.15) is 37.3 Å². The summed E-state index contributed by atoms with van der Waals surface area (Å²) < 4.78 is 11.9. The average Bonchev–Trinajstić information content (AvgIpc) is 3.35. The molecule has 0 amide bonds. The molecule has 0 spiro atoms. The van der Waals surface area contributed by atoms with E-state index in [1.165, 1.54) is 6.42 Å². The molecule has 148 valence electrons. The van der Waals surface area contributed by atoms with Crippen LogP contribution < -0.4 is 15.4 Å². The van der Waals surface area contributed by atoms with E-state index in [2.05, 4.69) is 41.8 Å². The summed E-state index contributed by atoms with van der Waals surface area (Å²) in [5.41, 5.74) is 2.30. The lowest BCUT2D eigenvalue weighted by Gasteiger charge is -2.22. The number of rotatable bonds is 7. The molecule has 0 aromatic heterocycles. The van der Waals surface area contributed by atoms with Gasteiger partial charge in [-0.3, -0.25) is 0 Å². The standard InChI is InChI=1S/C23H29N3O2/c1-2-24-23(26-21-14-20-11-12-22(21)28-20)25-15-18-9-6-10-19(13-18)27-16-17-7-4-3-5-8-17/h3-10,13,20-22H,2,11-12,14-16H2,1H3,(H2,24,25,26). The fraction of sp³-hybridized carbons (Fsp3) is 0.435. The fourth-order valence-corrected chi connectivity index (χ4v) is 3.93. The van der Waals surface area contributed by atoms with Crippen molar-refractivity contribution in [3.05, 3.63) is 65.7 Å². The molecular formula is C23H29N3O2. The highest BCUT2D eigenvalue weighted by Gasteiger charge is 2.41. The maximum absolute atomic E-state index is 5.94. The topological polar surface area (TPSA) is 54.9 Å². The second kappa shape index (κ2) is 9.11. The minimum absolute atomic E-state index is 0.337. The highest BCUT2D eigenvalue weighted by Crippen LogP contribution is 2.34. The van der Waals surface area contributed by atoms with Crippen LogP contribution in [0.15, 0.2) is 59.6 Å². The Bertz CT molecular complexity index is 793. The zero-order valence-electron chi connectivity index (χ0n) is 16.4. The van der Waals surface area contributed by atoms with Crippen molar-refractivity contribution in [2.24, 2.45) is 4.99 Å². The van der Waals surface area contributed by atoms with E-state index in [9.17, 15) is 0 Å². The van der Waals surface area contributed by atoms with E-state index < -0.39 is 0 Å². The Kier molecular flexibility index (Phi) is 6.12. The lowest BCUT2D eigenvalue weighted by Crippen LogP contribution is -2.47. The van der Waals surface area contributed by atoms with Gasteiger partial charge in [-0.2, -0.15) is 0 Å². The van der Waals surface area contributed by atoms with E-state index in [1.807, 2.05) is 30.3 Å². The van der Waals surface area contributed by atoms with E-state index in [-0.39, 0.29) is 0 Å². The molecule has 0 radical (unpaired) electrons. The second-order valence-corrected chi connectivity index (χ2v) is 7.48. The van der Waals surface area contributed by atoms with Gasteiger partial charge < -0.3 is 20.1 Å². The van der Waals surface area contributed by atoms with E-state index in [1.54, 1.807) is 0 Å². The summed E-state index contributed by atoms with van der Waals surface area (Å²) in [6.07, 6.45) is 4.21. The molecule has 2 N–H and O–H groups in total. The average molecular weight is 380 g/mol. The normalized spacial score (nSPS) is 23.6. The Balaban J connectivity index is 1.35. The van der Waals surface area contributed by atoms with Gasteiger partial charge in [0, 0.05) is 6.54 Å². The molecule has 0 saturated carbocycles. The van der Waals surface area contributed by atoms with Crippen LogP contribution in [0, 0.1) is 0 Å². The first-order chi connectivity index (χ1) is 13.8. The van der Waals surface area contributed by atoms with Crippen molar-refractivity contribution in [3.63, 3.8) is 0 Å². The number of ether oxygens (including phenoxy) is 2. The van der Waals surface area contributed by atoms with Gasteiger partial charge in [-0.1, -0.05) is 42.5 Å². The molecule has 4 rings (SSSR count). The molecule has 2 fully saturated rings. The predicted octanol–water partition coefficient (Wildman–Crippen LogP) is 3.64. The van der Waals surface area contributed by atoms with Gasteiger partial charge in [0.05, 0.1) is 24.8 Å². The molecule has 2 heterocycles. The summed E-state index contributed by atoms with van der Waals surface area (Å²) >= 11 is 0. The van der Waals surface area contributed by atoms with Gasteiger partial charge in [-0.05, 0) is 49.4 Å². The summed E-state index contributed by atoms with van der Waals surface area (Å²) in [4.78, 5) is 4.77. The van der Waals surface area contributed by atoms with E-state index in [0.29, 0.717) is 31.4 Å². The summed E-state index contributed by atoms with van der Waals surface area (Å²) in [5.74, 6) is 1.73. The SMILES string of the molecule is CCNC(=NCc1cccc(OCc2ccccc2)c1)NC1CC2CCC1O2. The van der Waals surface area contributed by atoms with E-state index in [4.69, 9.17) is 14.5 Å². The lowest BCUT2D eigenvalue weighted by molar-refractivity contribution is 0.0992. The van der Waals surface area contributed by atoms with E-state index >= 15 is 0 Å². The molecule has 2 aliphatic heterocycles. The van der Waals surface area contributed by atoms with Crippen LogP contribution in [-0.4, -0.2) is 30.8 Å². The third-order valence-electron chi connectivity index (χ3n) is 5.34. The molecule has 2 saturated heterocycles. The minimum Gasteiger partial charge on any atom is -0.489 e. The monoisotopic (exact) mass is 379 g/mol. The third kappa shape index (κ3) is 4.84. The molecule has 2 aromatic rings. The summed E-state index contributed by atoms with van der Waals surface area (Å²) in [7, 11) is 0. The maximum atomic E-state index is 5.94. The number of benzene rings is 2. The highest BCUT2D eigenvalue weighted by atomic mass is 16.5. The quantitative estimate of drug-likeness (QED) is 0.570. The number of guanidine groups is 1. The number of fused-ring (bicyclic) bond motifs is 2. The lowest BCUT2D eigenvalue weighted by atomic mass is 9.96. The van der Waals surface area contributed by atoms with Crippen LogP contribution in [0.5, 0.6) is 5.75 Å². The number of hydrogen-bond acceptors (Lipinski definition) is 3. The fourth-order valence-electron chi connectivity index (χ4n) is 3.93. The zero-order chi connectivity index (χ0) is 19.2. The number of nitrogens with zero attached hydrogens (tertiary/aromatic N) is 1.